The van der Waals surface area contributed by atoms with Gasteiger partial charge in [0.25, 0.3) is 5.91 Å². The van der Waals surface area contributed by atoms with Crippen LogP contribution in [0, 0.1) is 0 Å². The predicted octanol–water partition coefficient (Wildman–Crippen LogP) is 1.73. The van der Waals surface area contributed by atoms with Crippen LogP contribution in [-0.2, 0) is 7.05 Å². The number of carboxylic acids is 1. The van der Waals surface area contributed by atoms with Gasteiger partial charge in [-0.3, -0.25) is 9.48 Å². The number of aromatic nitrogens is 2. The van der Waals surface area contributed by atoms with Crippen molar-refractivity contribution in [3.8, 4) is 0 Å². The van der Waals surface area contributed by atoms with Gasteiger partial charge in [-0.1, -0.05) is 17.7 Å². The minimum atomic E-state index is -1.15. The molecule has 0 saturated carbocycles. The molecule has 1 aliphatic rings. The lowest BCUT2D eigenvalue weighted by molar-refractivity contribution is 0.0669. The molecule has 24 heavy (non-hydrogen) atoms. The number of halogens is 1. The van der Waals surface area contributed by atoms with E-state index in [2.05, 4.69) is 10.00 Å². The summed E-state index contributed by atoms with van der Waals surface area (Å²) in [4.78, 5) is 27.7. The lowest BCUT2D eigenvalue weighted by atomic mass is 10.2. The number of benzene rings is 1. The van der Waals surface area contributed by atoms with E-state index >= 15 is 0 Å². The molecule has 0 radical (unpaired) electrons. The van der Waals surface area contributed by atoms with Crippen molar-refractivity contribution in [1.82, 2.24) is 14.7 Å². The fourth-order valence-electron chi connectivity index (χ4n) is 2.84. The van der Waals surface area contributed by atoms with E-state index in [0.717, 1.165) is 5.69 Å². The Morgan fingerprint density at radius 3 is 2.54 bits per heavy atom. The minimum Gasteiger partial charge on any atom is -0.478 e. The zero-order valence-corrected chi connectivity index (χ0v) is 13.9. The van der Waals surface area contributed by atoms with E-state index in [1.54, 1.807) is 11.9 Å². The summed E-state index contributed by atoms with van der Waals surface area (Å²) in [5.74, 6) is -1.46. The number of carbonyl (C=O) groups is 2. The van der Waals surface area contributed by atoms with E-state index < -0.39 is 5.97 Å². The third-order valence-corrected chi connectivity index (χ3v) is 4.35. The molecule has 1 aromatic heterocycles. The number of aromatic carboxylic acids is 1. The monoisotopic (exact) mass is 348 g/mol. The highest BCUT2D eigenvalue weighted by atomic mass is 35.5. The van der Waals surface area contributed by atoms with Gasteiger partial charge < -0.3 is 14.9 Å². The normalized spacial score (nSPS) is 14.8. The van der Waals surface area contributed by atoms with E-state index in [-0.39, 0.29) is 17.2 Å². The van der Waals surface area contributed by atoms with E-state index in [1.165, 1.54) is 10.9 Å². The first kappa shape index (κ1) is 16.3. The van der Waals surface area contributed by atoms with Crippen LogP contribution < -0.4 is 4.90 Å². The smallest absolute Gasteiger partial charge is 0.339 e. The largest absolute Gasteiger partial charge is 0.478 e. The third kappa shape index (κ3) is 3.07. The zero-order valence-electron chi connectivity index (χ0n) is 13.1. The molecule has 1 aliphatic heterocycles. The second kappa shape index (κ2) is 6.52. The Bertz CT molecular complexity index is 781. The molecule has 7 nitrogen and oxygen atoms in total. The fourth-order valence-corrected chi connectivity index (χ4v) is 3.02. The molecule has 3 rings (SSSR count). The quantitative estimate of drug-likeness (QED) is 0.914. The Labute approximate surface area is 144 Å². The molecule has 0 aliphatic carbocycles. The van der Waals surface area contributed by atoms with Crippen molar-refractivity contribution in [3.63, 3.8) is 0 Å². The van der Waals surface area contributed by atoms with Crippen molar-refractivity contribution >= 4 is 29.2 Å². The number of rotatable bonds is 3. The number of hydrogen-bond acceptors (Lipinski definition) is 4. The van der Waals surface area contributed by atoms with Crippen LogP contribution in [0.2, 0.25) is 5.02 Å². The van der Waals surface area contributed by atoms with E-state index in [4.69, 9.17) is 11.6 Å². The maximum Gasteiger partial charge on any atom is 0.339 e. The summed E-state index contributed by atoms with van der Waals surface area (Å²) in [6.07, 6.45) is 1.21. The summed E-state index contributed by atoms with van der Waals surface area (Å²) in [5, 5.41) is 13.8. The van der Waals surface area contributed by atoms with Gasteiger partial charge >= 0.3 is 5.97 Å². The number of aryl methyl sites for hydroxylation is 1. The molecule has 126 valence electrons. The molecule has 1 N–H and O–H groups in total. The molecule has 2 heterocycles. The summed E-state index contributed by atoms with van der Waals surface area (Å²) in [6.45, 7) is 2.34. The highest BCUT2D eigenvalue weighted by Gasteiger charge is 2.28. The van der Waals surface area contributed by atoms with Crippen LogP contribution in [-0.4, -0.2) is 57.8 Å². The first-order valence-electron chi connectivity index (χ1n) is 7.52. The summed E-state index contributed by atoms with van der Waals surface area (Å²) >= 11 is 6.02. The maximum absolute atomic E-state index is 12.7. The van der Waals surface area contributed by atoms with E-state index in [1.807, 2.05) is 24.3 Å². The standard InChI is InChI=1S/C16H17ClN4O3/c1-19-14(13(10-18-19)16(23)24)15(22)21-7-5-20(6-8-21)12-4-2-3-11(17)9-12/h2-4,9-10H,5-8H2,1H3,(H,23,24). The number of amides is 1. The van der Waals surface area contributed by atoms with Crippen molar-refractivity contribution < 1.29 is 14.7 Å². The molecule has 0 bridgehead atoms. The van der Waals surface area contributed by atoms with Gasteiger partial charge in [-0.05, 0) is 18.2 Å². The molecule has 0 spiro atoms. The van der Waals surface area contributed by atoms with Gasteiger partial charge in [0.2, 0.25) is 0 Å². The SMILES string of the molecule is Cn1ncc(C(=O)O)c1C(=O)N1CCN(c2cccc(Cl)c2)CC1. The molecular formula is C16H17ClN4O3. The second-order valence-electron chi connectivity index (χ2n) is 5.59. The van der Waals surface area contributed by atoms with Crippen LogP contribution in [0.3, 0.4) is 0 Å². The van der Waals surface area contributed by atoms with Crippen molar-refractivity contribution in [2.45, 2.75) is 0 Å². The minimum absolute atomic E-state index is 0.0697. The van der Waals surface area contributed by atoms with Crippen molar-refractivity contribution in [2.24, 2.45) is 7.05 Å². The summed E-state index contributed by atoms with van der Waals surface area (Å²) < 4.78 is 1.31. The summed E-state index contributed by atoms with van der Waals surface area (Å²) in [6, 6.07) is 7.58. The highest BCUT2D eigenvalue weighted by Crippen LogP contribution is 2.21. The van der Waals surface area contributed by atoms with Gasteiger partial charge in [-0.2, -0.15) is 5.10 Å². The van der Waals surface area contributed by atoms with Gasteiger partial charge in [-0.25, -0.2) is 4.79 Å². The van der Waals surface area contributed by atoms with Crippen LogP contribution in [0.4, 0.5) is 5.69 Å². The van der Waals surface area contributed by atoms with Crippen LogP contribution in [0.25, 0.3) is 0 Å². The Hall–Kier alpha value is -2.54. The average Bonchev–Trinajstić information content (AvgIpc) is 2.96. The van der Waals surface area contributed by atoms with Gasteiger partial charge in [0.05, 0.1) is 6.20 Å². The predicted molar refractivity (Wildman–Crippen MR) is 89.7 cm³/mol. The number of carbonyl (C=O) groups excluding carboxylic acids is 1. The first-order chi connectivity index (χ1) is 11.5. The fraction of sp³-hybridized carbons (Fsp3) is 0.312. The van der Waals surface area contributed by atoms with E-state index in [0.29, 0.717) is 31.2 Å². The Balaban J connectivity index is 1.72. The van der Waals surface area contributed by atoms with Crippen molar-refractivity contribution in [1.29, 1.82) is 0 Å². The number of carboxylic acid groups (broad SMARTS) is 1. The molecule has 0 atom stereocenters. The van der Waals surface area contributed by atoms with Crippen LogP contribution in [0.5, 0.6) is 0 Å². The van der Waals surface area contributed by atoms with Crippen LogP contribution in [0.1, 0.15) is 20.8 Å². The van der Waals surface area contributed by atoms with Crippen molar-refractivity contribution in [3.05, 3.63) is 46.7 Å². The highest BCUT2D eigenvalue weighted by molar-refractivity contribution is 6.30. The molecule has 1 fully saturated rings. The van der Waals surface area contributed by atoms with E-state index in [9.17, 15) is 14.7 Å². The third-order valence-electron chi connectivity index (χ3n) is 4.11. The first-order valence-corrected chi connectivity index (χ1v) is 7.90. The van der Waals surface area contributed by atoms with Gasteiger partial charge in [0.15, 0.2) is 0 Å². The Morgan fingerprint density at radius 1 is 1.21 bits per heavy atom. The lowest BCUT2D eigenvalue weighted by Gasteiger charge is -2.36. The average molecular weight is 349 g/mol. The van der Waals surface area contributed by atoms with Gasteiger partial charge in [-0.15, -0.1) is 0 Å². The molecule has 1 aromatic carbocycles. The molecule has 2 aromatic rings. The second-order valence-corrected chi connectivity index (χ2v) is 6.03. The number of hydrogen-bond donors (Lipinski definition) is 1. The maximum atomic E-state index is 12.7. The molecular weight excluding hydrogens is 332 g/mol. The molecule has 1 amide bonds. The Morgan fingerprint density at radius 2 is 1.92 bits per heavy atom. The van der Waals surface area contributed by atoms with Crippen LogP contribution in [0.15, 0.2) is 30.5 Å². The number of piperazine rings is 1. The summed E-state index contributed by atoms with van der Waals surface area (Å²) in [7, 11) is 1.57. The van der Waals surface area contributed by atoms with Gasteiger partial charge in [0, 0.05) is 43.9 Å². The van der Waals surface area contributed by atoms with Gasteiger partial charge in [0.1, 0.15) is 11.3 Å². The lowest BCUT2D eigenvalue weighted by Crippen LogP contribution is -2.49. The number of anilines is 1. The summed E-state index contributed by atoms with van der Waals surface area (Å²) in [5.41, 5.74) is 1.06. The zero-order chi connectivity index (χ0) is 17.3. The van der Waals surface area contributed by atoms with Crippen LogP contribution >= 0.6 is 11.6 Å². The topological polar surface area (TPSA) is 78.7 Å². The molecule has 0 unspecified atom stereocenters. The number of nitrogens with zero attached hydrogens (tertiary/aromatic N) is 4. The molecule has 8 heteroatoms. The Kier molecular flexibility index (Phi) is 4.44. The van der Waals surface area contributed by atoms with Crippen molar-refractivity contribution in [2.75, 3.05) is 31.1 Å². The molecule has 1 saturated heterocycles.